The van der Waals surface area contributed by atoms with E-state index in [0.717, 1.165) is 36.3 Å². The van der Waals surface area contributed by atoms with Gasteiger partial charge in [-0.05, 0) is 37.5 Å². The largest absolute Gasteiger partial charge is 0.383 e. The summed E-state index contributed by atoms with van der Waals surface area (Å²) in [6.07, 6.45) is 5.64. The van der Waals surface area contributed by atoms with Crippen LogP contribution in [-0.2, 0) is 9.59 Å². The molecule has 148 valence electrons. The van der Waals surface area contributed by atoms with Gasteiger partial charge in [0.05, 0.1) is 11.1 Å². The molecule has 1 aromatic rings. The molecule has 4 amide bonds. The lowest BCUT2D eigenvalue weighted by Gasteiger charge is -2.33. The van der Waals surface area contributed by atoms with Crippen LogP contribution in [0.3, 0.4) is 0 Å². The van der Waals surface area contributed by atoms with E-state index in [1.54, 1.807) is 18.2 Å². The molecule has 1 aliphatic carbocycles. The Hall–Kier alpha value is -2.74. The van der Waals surface area contributed by atoms with Gasteiger partial charge in [0, 0.05) is 24.2 Å². The number of carbonyl (C=O) groups excluding carboxylic acids is 4. The zero-order chi connectivity index (χ0) is 19.9. The number of amides is 4. The topological polar surface area (TPSA) is 122 Å². The lowest BCUT2D eigenvalue weighted by atomic mass is 9.82. The third-order valence-corrected chi connectivity index (χ3v) is 5.93. The number of imide groups is 2. The minimum atomic E-state index is -0.948. The van der Waals surface area contributed by atoms with Crippen LogP contribution in [0.5, 0.6) is 0 Å². The quantitative estimate of drug-likeness (QED) is 0.670. The van der Waals surface area contributed by atoms with Gasteiger partial charge in [0.2, 0.25) is 11.8 Å². The molecule has 1 atom stereocenters. The van der Waals surface area contributed by atoms with Gasteiger partial charge in [-0.3, -0.25) is 29.4 Å². The second kappa shape index (κ2) is 7.01. The first kappa shape index (κ1) is 18.6. The molecule has 4 rings (SSSR count). The number of rotatable bonds is 4. The predicted octanol–water partition coefficient (Wildman–Crippen LogP) is 1.16. The minimum absolute atomic E-state index is 0.106. The molecule has 2 fully saturated rings. The van der Waals surface area contributed by atoms with Gasteiger partial charge in [-0.15, -0.1) is 0 Å². The fourth-order valence-electron chi connectivity index (χ4n) is 4.29. The van der Waals surface area contributed by atoms with Crippen molar-refractivity contribution in [3.8, 4) is 0 Å². The summed E-state index contributed by atoms with van der Waals surface area (Å²) in [5.41, 5.74) is 7.47. The highest BCUT2D eigenvalue weighted by atomic mass is 16.2. The molecule has 1 saturated heterocycles. The van der Waals surface area contributed by atoms with Gasteiger partial charge in [0.15, 0.2) is 0 Å². The van der Waals surface area contributed by atoms with E-state index >= 15 is 0 Å². The predicted molar refractivity (Wildman–Crippen MR) is 102 cm³/mol. The van der Waals surface area contributed by atoms with Crippen LogP contribution in [0.1, 0.15) is 65.7 Å². The number of nitrogens with two attached hydrogens (primary N) is 1. The van der Waals surface area contributed by atoms with E-state index in [1.165, 1.54) is 6.42 Å². The van der Waals surface area contributed by atoms with Crippen molar-refractivity contribution >= 4 is 29.3 Å². The summed E-state index contributed by atoms with van der Waals surface area (Å²) in [6, 6.07) is 4.06. The maximum absolute atomic E-state index is 12.8. The molecule has 28 heavy (non-hydrogen) atoms. The second-order valence-electron chi connectivity index (χ2n) is 7.98. The molecular weight excluding hydrogens is 360 g/mol. The lowest BCUT2D eigenvalue weighted by molar-refractivity contribution is -0.136. The summed E-state index contributed by atoms with van der Waals surface area (Å²) < 4.78 is 0. The van der Waals surface area contributed by atoms with E-state index in [2.05, 4.69) is 10.6 Å². The van der Waals surface area contributed by atoms with Gasteiger partial charge in [-0.1, -0.05) is 19.3 Å². The van der Waals surface area contributed by atoms with Crippen molar-refractivity contribution in [2.75, 3.05) is 11.9 Å². The molecule has 4 N–H and O–H groups in total. The average molecular weight is 384 g/mol. The molecule has 8 nitrogen and oxygen atoms in total. The number of nitrogens with zero attached hydrogens (tertiary/aromatic N) is 1. The molecule has 0 radical (unpaired) electrons. The fourth-order valence-corrected chi connectivity index (χ4v) is 4.29. The van der Waals surface area contributed by atoms with Crippen molar-refractivity contribution in [3.63, 3.8) is 0 Å². The number of hydrogen-bond donors (Lipinski definition) is 3. The normalized spacial score (nSPS) is 24.2. The monoisotopic (exact) mass is 384 g/mol. The van der Waals surface area contributed by atoms with E-state index in [-0.39, 0.29) is 35.4 Å². The first-order valence-electron chi connectivity index (χ1n) is 9.76. The van der Waals surface area contributed by atoms with Crippen LogP contribution in [0.2, 0.25) is 0 Å². The van der Waals surface area contributed by atoms with Gasteiger partial charge in [0.1, 0.15) is 6.04 Å². The summed E-state index contributed by atoms with van der Waals surface area (Å²) in [5, 5.41) is 5.49. The third-order valence-electron chi connectivity index (χ3n) is 5.93. The van der Waals surface area contributed by atoms with Gasteiger partial charge in [-0.25, -0.2) is 0 Å². The Bertz CT molecular complexity index is 860. The molecule has 0 aromatic heterocycles. The zero-order valence-electron chi connectivity index (χ0n) is 15.6. The van der Waals surface area contributed by atoms with Gasteiger partial charge in [0.25, 0.3) is 11.8 Å². The fraction of sp³-hybridized carbons (Fsp3) is 0.500. The number of hydrogen-bond acceptors (Lipinski definition) is 6. The van der Waals surface area contributed by atoms with Crippen molar-refractivity contribution in [1.29, 1.82) is 0 Å². The Morgan fingerprint density at radius 3 is 2.50 bits per heavy atom. The Kier molecular flexibility index (Phi) is 4.66. The zero-order valence-corrected chi connectivity index (χ0v) is 15.6. The number of nitrogens with one attached hydrogen (secondary N) is 2. The van der Waals surface area contributed by atoms with Gasteiger partial charge in [-0.2, -0.15) is 0 Å². The lowest BCUT2D eigenvalue weighted by Crippen LogP contribution is -2.54. The summed E-state index contributed by atoms with van der Waals surface area (Å²) in [5.74, 6) is -1.99. The van der Waals surface area contributed by atoms with E-state index < -0.39 is 23.8 Å². The van der Waals surface area contributed by atoms with Crippen LogP contribution in [-0.4, -0.2) is 46.7 Å². The molecule has 1 saturated carbocycles. The molecule has 3 aliphatic rings. The first-order chi connectivity index (χ1) is 13.4. The summed E-state index contributed by atoms with van der Waals surface area (Å²) in [7, 11) is 0. The first-order valence-corrected chi connectivity index (χ1v) is 9.76. The summed E-state index contributed by atoms with van der Waals surface area (Å²) in [6.45, 7) is 0.602. The molecular formula is C20H24N4O4. The maximum atomic E-state index is 12.8. The van der Waals surface area contributed by atoms with Crippen molar-refractivity contribution in [2.45, 2.75) is 56.5 Å². The third kappa shape index (κ3) is 3.28. The SMILES string of the molecule is NC1(CNc2ccc3c(c2)C(=O)N(C2CCC(=O)NC2=O)C3=O)CCCCC1. The van der Waals surface area contributed by atoms with Crippen LogP contribution in [0.4, 0.5) is 5.69 Å². The van der Waals surface area contributed by atoms with Crippen LogP contribution < -0.4 is 16.4 Å². The summed E-state index contributed by atoms with van der Waals surface area (Å²) in [4.78, 5) is 50.0. The molecule has 2 heterocycles. The van der Waals surface area contributed by atoms with Crippen LogP contribution in [0.15, 0.2) is 18.2 Å². The van der Waals surface area contributed by atoms with Crippen LogP contribution >= 0.6 is 0 Å². The van der Waals surface area contributed by atoms with E-state index in [4.69, 9.17) is 5.73 Å². The number of carbonyl (C=O) groups is 4. The highest BCUT2D eigenvalue weighted by Gasteiger charge is 2.44. The molecule has 8 heteroatoms. The van der Waals surface area contributed by atoms with Gasteiger partial charge < -0.3 is 11.1 Å². The van der Waals surface area contributed by atoms with Crippen molar-refractivity contribution in [2.24, 2.45) is 5.73 Å². The van der Waals surface area contributed by atoms with Gasteiger partial charge >= 0.3 is 0 Å². The van der Waals surface area contributed by atoms with Crippen LogP contribution in [0.25, 0.3) is 0 Å². The highest BCUT2D eigenvalue weighted by Crippen LogP contribution is 2.30. The smallest absolute Gasteiger partial charge is 0.262 e. The molecule has 0 bridgehead atoms. The molecule has 0 spiro atoms. The Balaban J connectivity index is 1.51. The van der Waals surface area contributed by atoms with Crippen molar-refractivity contribution in [1.82, 2.24) is 10.2 Å². The van der Waals surface area contributed by atoms with E-state index in [0.29, 0.717) is 6.54 Å². The number of piperidine rings is 1. The molecule has 2 aliphatic heterocycles. The number of fused-ring (bicyclic) bond motifs is 1. The van der Waals surface area contributed by atoms with Crippen molar-refractivity contribution in [3.05, 3.63) is 29.3 Å². The maximum Gasteiger partial charge on any atom is 0.262 e. The number of benzene rings is 1. The second-order valence-corrected chi connectivity index (χ2v) is 7.98. The molecule has 1 aromatic carbocycles. The number of anilines is 1. The van der Waals surface area contributed by atoms with E-state index in [1.807, 2.05) is 0 Å². The van der Waals surface area contributed by atoms with E-state index in [9.17, 15) is 19.2 Å². The Labute approximate surface area is 162 Å². The van der Waals surface area contributed by atoms with Crippen LogP contribution in [0, 0.1) is 0 Å². The highest BCUT2D eigenvalue weighted by molar-refractivity contribution is 6.23. The standard InChI is InChI=1S/C20H24N4O4/c21-20(8-2-1-3-9-20)11-22-12-4-5-13-14(10-12)19(28)24(18(13)27)15-6-7-16(25)23-17(15)26/h4-5,10,15,22H,1-3,6-9,11,21H2,(H,23,25,26). The Morgan fingerprint density at radius 1 is 1.07 bits per heavy atom. The average Bonchev–Trinajstić information content (AvgIpc) is 2.92. The minimum Gasteiger partial charge on any atom is -0.383 e. The summed E-state index contributed by atoms with van der Waals surface area (Å²) >= 11 is 0. The molecule has 1 unspecified atom stereocenters. The van der Waals surface area contributed by atoms with Crippen molar-refractivity contribution < 1.29 is 19.2 Å². The Morgan fingerprint density at radius 2 is 1.79 bits per heavy atom.